The van der Waals surface area contributed by atoms with Crippen molar-refractivity contribution in [1.29, 1.82) is 0 Å². The van der Waals surface area contributed by atoms with Gasteiger partial charge in [-0.1, -0.05) is 0 Å². The van der Waals surface area contributed by atoms with E-state index in [0.717, 1.165) is 25.9 Å². The van der Waals surface area contributed by atoms with Gasteiger partial charge in [0, 0.05) is 44.0 Å². The quantitative estimate of drug-likeness (QED) is 0.794. The number of pyridine rings is 1. The molecule has 1 aromatic rings. The Balaban J connectivity index is 1.98. The molecular weight excluding hydrogens is 318 g/mol. The molecule has 1 saturated heterocycles. The van der Waals surface area contributed by atoms with Crippen molar-refractivity contribution in [2.75, 3.05) is 20.1 Å². The number of piperidine rings is 1. The van der Waals surface area contributed by atoms with Gasteiger partial charge in [0.1, 0.15) is 4.60 Å². The molecule has 1 aromatic heterocycles. The highest BCUT2D eigenvalue weighted by Crippen LogP contribution is 2.19. The molecule has 0 saturated carbocycles. The third kappa shape index (κ3) is 3.58. The minimum Gasteiger partial charge on any atom is -0.339 e. The van der Waals surface area contributed by atoms with Crippen molar-refractivity contribution < 1.29 is 4.79 Å². The zero-order valence-electron chi connectivity index (χ0n) is 12.3. The average Bonchev–Trinajstić information content (AvgIpc) is 2.46. The van der Waals surface area contributed by atoms with Crippen LogP contribution in [0.4, 0.5) is 0 Å². The maximum Gasteiger partial charge on any atom is 0.253 e. The van der Waals surface area contributed by atoms with E-state index in [9.17, 15) is 4.79 Å². The third-order valence-corrected chi connectivity index (χ3v) is 4.50. The molecule has 0 unspecified atom stereocenters. The molecule has 4 nitrogen and oxygen atoms in total. The first-order valence-electron chi connectivity index (χ1n) is 7.12. The van der Waals surface area contributed by atoms with E-state index in [0.29, 0.717) is 22.3 Å². The maximum absolute atomic E-state index is 12.5. The lowest BCUT2D eigenvalue weighted by atomic mass is 10.0. The second-order valence-electron chi connectivity index (χ2n) is 5.64. The fourth-order valence-corrected chi connectivity index (χ4v) is 3.06. The second-order valence-corrected chi connectivity index (χ2v) is 6.46. The largest absolute Gasteiger partial charge is 0.339 e. The fourth-order valence-electron chi connectivity index (χ4n) is 2.69. The van der Waals surface area contributed by atoms with Gasteiger partial charge in [0.15, 0.2) is 0 Å². The Hall–Kier alpha value is -0.940. The molecule has 0 atom stereocenters. The van der Waals surface area contributed by atoms with E-state index in [1.165, 1.54) is 0 Å². The third-order valence-electron chi connectivity index (χ3n) is 4.07. The van der Waals surface area contributed by atoms with Gasteiger partial charge in [-0.15, -0.1) is 0 Å². The molecule has 2 rings (SSSR count). The zero-order chi connectivity index (χ0) is 14.7. The summed E-state index contributed by atoms with van der Waals surface area (Å²) in [4.78, 5) is 20.9. The van der Waals surface area contributed by atoms with Crippen LogP contribution in [0.2, 0.25) is 0 Å². The van der Waals surface area contributed by atoms with Gasteiger partial charge < -0.3 is 9.80 Å². The van der Waals surface area contributed by atoms with E-state index >= 15 is 0 Å². The molecule has 0 aliphatic carbocycles. The highest BCUT2D eigenvalue weighted by Gasteiger charge is 2.26. The number of amides is 1. The Bertz CT molecular complexity index is 470. The van der Waals surface area contributed by atoms with Crippen LogP contribution in [-0.2, 0) is 0 Å². The summed E-state index contributed by atoms with van der Waals surface area (Å²) in [5.74, 6) is 0.0797. The van der Waals surface area contributed by atoms with E-state index < -0.39 is 0 Å². The van der Waals surface area contributed by atoms with Crippen LogP contribution in [0.15, 0.2) is 22.9 Å². The topological polar surface area (TPSA) is 36.4 Å². The monoisotopic (exact) mass is 339 g/mol. The number of halogens is 1. The fraction of sp³-hybridized carbons (Fsp3) is 0.600. The summed E-state index contributed by atoms with van der Waals surface area (Å²) >= 11 is 3.31. The summed E-state index contributed by atoms with van der Waals surface area (Å²) in [5, 5.41) is 0. The Morgan fingerprint density at radius 2 is 2.10 bits per heavy atom. The first-order chi connectivity index (χ1) is 9.49. The van der Waals surface area contributed by atoms with Crippen LogP contribution in [0.3, 0.4) is 0 Å². The second kappa shape index (κ2) is 6.68. The number of carbonyl (C=O) groups is 1. The van der Waals surface area contributed by atoms with Crippen LogP contribution in [-0.4, -0.2) is 52.9 Å². The van der Waals surface area contributed by atoms with Gasteiger partial charge >= 0.3 is 0 Å². The van der Waals surface area contributed by atoms with E-state index in [-0.39, 0.29) is 5.91 Å². The van der Waals surface area contributed by atoms with Crippen LogP contribution in [0.1, 0.15) is 37.0 Å². The van der Waals surface area contributed by atoms with E-state index in [1.807, 2.05) is 11.9 Å². The molecule has 1 amide bonds. The van der Waals surface area contributed by atoms with E-state index in [2.05, 4.69) is 39.7 Å². The summed E-state index contributed by atoms with van der Waals surface area (Å²) in [6, 6.07) is 4.48. The molecule has 2 heterocycles. The lowest BCUT2D eigenvalue weighted by Gasteiger charge is -2.38. The Morgan fingerprint density at radius 3 is 2.65 bits per heavy atom. The first kappa shape index (κ1) is 15.4. The Labute approximate surface area is 129 Å². The highest BCUT2D eigenvalue weighted by atomic mass is 79.9. The first-order valence-corrected chi connectivity index (χ1v) is 7.91. The molecule has 110 valence electrons. The van der Waals surface area contributed by atoms with Crippen molar-refractivity contribution in [1.82, 2.24) is 14.8 Å². The van der Waals surface area contributed by atoms with Gasteiger partial charge in [0.25, 0.3) is 5.91 Å². The van der Waals surface area contributed by atoms with Crippen molar-refractivity contribution in [3.05, 3.63) is 28.5 Å². The molecule has 5 heteroatoms. The molecule has 1 aliphatic rings. The molecule has 0 N–H and O–H groups in total. The van der Waals surface area contributed by atoms with Gasteiger partial charge in [0.05, 0.1) is 0 Å². The number of hydrogen-bond donors (Lipinski definition) is 0. The maximum atomic E-state index is 12.5. The van der Waals surface area contributed by atoms with Gasteiger partial charge in [-0.3, -0.25) is 4.79 Å². The minimum atomic E-state index is 0.0797. The summed E-state index contributed by atoms with van der Waals surface area (Å²) in [7, 11) is 1.91. The van der Waals surface area contributed by atoms with Gasteiger partial charge in [-0.2, -0.15) is 0 Å². The van der Waals surface area contributed by atoms with Gasteiger partial charge in [-0.05, 0) is 54.8 Å². The number of aromatic nitrogens is 1. The lowest BCUT2D eigenvalue weighted by Crippen LogP contribution is -2.47. The number of rotatable bonds is 3. The average molecular weight is 340 g/mol. The van der Waals surface area contributed by atoms with Crippen molar-refractivity contribution in [3.8, 4) is 0 Å². The highest BCUT2D eigenvalue weighted by molar-refractivity contribution is 9.10. The van der Waals surface area contributed by atoms with Crippen molar-refractivity contribution in [2.45, 2.75) is 38.8 Å². The van der Waals surface area contributed by atoms with E-state index in [4.69, 9.17) is 0 Å². The Kier molecular flexibility index (Phi) is 5.16. The molecule has 0 radical (unpaired) electrons. The molecule has 1 fully saturated rings. The van der Waals surface area contributed by atoms with Crippen LogP contribution in [0.5, 0.6) is 0 Å². The molecular formula is C15H22BrN3O. The van der Waals surface area contributed by atoms with Crippen LogP contribution in [0, 0.1) is 0 Å². The predicted octanol–water partition coefficient (Wildman–Crippen LogP) is 2.79. The molecule has 20 heavy (non-hydrogen) atoms. The zero-order valence-corrected chi connectivity index (χ0v) is 13.9. The van der Waals surface area contributed by atoms with Gasteiger partial charge in [0.2, 0.25) is 0 Å². The molecule has 0 spiro atoms. The molecule has 0 bridgehead atoms. The number of carbonyl (C=O) groups excluding carboxylic acids is 1. The normalized spacial score (nSPS) is 17.4. The summed E-state index contributed by atoms with van der Waals surface area (Å²) in [6.07, 6.45) is 3.76. The molecule has 0 aromatic carbocycles. The standard InChI is InChI=1S/C15H22BrN3O/c1-11(2)19-8-5-13(6-9-19)18(3)15(20)12-4-7-17-14(16)10-12/h4,7,10-11,13H,5-6,8-9H2,1-3H3. The predicted molar refractivity (Wildman–Crippen MR) is 83.8 cm³/mol. The van der Waals surface area contributed by atoms with Crippen molar-refractivity contribution in [2.24, 2.45) is 0 Å². The summed E-state index contributed by atoms with van der Waals surface area (Å²) < 4.78 is 0.700. The Morgan fingerprint density at radius 1 is 1.45 bits per heavy atom. The molecule has 1 aliphatic heterocycles. The number of nitrogens with zero attached hydrogens (tertiary/aromatic N) is 3. The van der Waals surface area contributed by atoms with Crippen molar-refractivity contribution in [3.63, 3.8) is 0 Å². The van der Waals surface area contributed by atoms with E-state index in [1.54, 1.807) is 18.3 Å². The lowest BCUT2D eigenvalue weighted by molar-refractivity contribution is 0.0615. The number of hydrogen-bond acceptors (Lipinski definition) is 3. The van der Waals surface area contributed by atoms with Crippen LogP contribution >= 0.6 is 15.9 Å². The van der Waals surface area contributed by atoms with Crippen molar-refractivity contribution >= 4 is 21.8 Å². The minimum absolute atomic E-state index is 0.0797. The smallest absolute Gasteiger partial charge is 0.253 e. The van der Waals surface area contributed by atoms with Crippen LogP contribution in [0.25, 0.3) is 0 Å². The number of likely N-dealkylation sites (tertiary alicyclic amines) is 1. The van der Waals surface area contributed by atoms with Gasteiger partial charge in [-0.25, -0.2) is 4.98 Å². The SMILES string of the molecule is CC(C)N1CCC(N(C)C(=O)c2ccnc(Br)c2)CC1. The summed E-state index contributed by atoms with van der Waals surface area (Å²) in [6.45, 7) is 6.59. The summed E-state index contributed by atoms with van der Waals surface area (Å²) in [5.41, 5.74) is 0.695. The van der Waals surface area contributed by atoms with Crippen LogP contribution < -0.4 is 0 Å².